The van der Waals surface area contributed by atoms with E-state index < -0.39 is 0 Å². The minimum atomic E-state index is 0.527. The molecule has 90 valence electrons. The number of fused-ring (bicyclic) bond motifs is 1. The van der Waals surface area contributed by atoms with E-state index in [-0.39, 0.29) is 0 Å². The number of nitrogens with zero attached hydrogens (tertiary/aromatic N) is 2. The molecule has 4 heteroatoms. The fraction of sp³-hybridized carbons (Fsp3) is 0.462. The molecule has 3 heterocycles. The first-order valence-corrected chi connectivity index (χ1v) is 6.99. The van der Waals surface area contributed by atoms with E-state index in [0.29, 0.717) is 5.92 Å². The lowest BCUT2D eigenvalue weighted by Crippen LogP contribution is -2.20. The minimum absolute atomic E-state index is 0.527. The molecule has 1 unspecified atom stereocenters. The third kappa shape index (κ3) is 2.11. The molecule has 2 aromatic rings. The first-order chi connectivity index (χ1) is 8.36. The summed E-state index contributed by atoms with van der Waals surface area (Å²) < 4.78 is 3.17. The van der Waals surface area contributed by atoms with E-state index in [1.807, 2.05) is 0 Å². The lowest BCUT2D eigenvalue weighted by Gasteiger charge is -2.12. The molecule has 0 aromatic carbocycles. The Morgan fingerprint density at radius 3 is 3.24 bits per heavy atom. The number of hydrogen-bond acceptors (Lipinski definition) is 2. The van der Waals surface area contributed by atoms with Gasteiger partial charge in [-0.05, 0) is 47.4 Å². The molecule has 0 aliphatic carbocycles. The van der Waals surface area contributed by atoms with E-state index in [4.69, 9.17) is 4.98 Å². The molecular formula is C13H16BrN3. The van der Waals surface area contributed by atoms with Crippen molar-refractivity contribution < 1.29 is 0 Å². The maximum absolute atomic E-state index is 4.69. The Labute approximate surface area is 109 Å². The summed E-state index contributed by atoms with van der Waals surface area (Å²) in [5.74, 6) is 1.71. The van der Waals surface area contributed by atoms with Crippen molar-refractivity contribution in [3.8, 4) is 0 Å². The van der Waals surface area contributed by atoms with Gasteiger partial charge in [0.1, 0.15) is 10.4 Å². The maximum atomic E-state index is 4.69. The quantitative estimate of drug-likeness (QED) is 0.876. The van der Waals surface area contributed by atoms with Crippen molar-refractivity contribution in [3.05, 3.63) is 34.8 Å². The molecule has 0 amide bonds. The van der Waals surface area contributed by atoms with Gasteiger partial charge in [0.2, 0.25) is 0 Å². The average molecular weight is 294 g/mol. The number of pyridine rings is 1. The standard InChI is InChI=1S/C13H16BrN3/c14-12-11-6-2-4-8-17(11)13(16-12)10-5-1-3-7-15-9-10/h2,4,6,8,10,15H,1,3,5,7,9H2. The van der Waals surface area contributed by atoms with Gasteiger partial charge in [0.15, 0.2) is 0 Å². The Balaban J connectivity index is 2.04. The second-order valence-corrected chi connectivity index (χ2v) is 5.36. The van der Waals surface area contributed by atoms with Crippen LogP contribution in [0.2, 0.25) is 0 Å². The first kappa shape index (κ1) is 11.2. The van der Waals surface area contributed by atoms with E-state index in [0.717, 1.165) is 23.2 Å². The predicted molar refractivity (Wildman–Crippen MR) is 72.4 cm³/mol. The monoisotopic (exact) mass is 293 g/mol. The van der Waals surface area contributed by atoms with Gasteiger partial charge in [-0.25, -0.2) is 4.98 Å². The molecule has 3 nitrogen and oxygen atoms in total. The van der Waals surface area contributed by atoms with Crippen molar-refractivity contribution in [2.24, 2.45) is 0 Å². The van der Waals surface area contributed by atoms with Crippen LogP contribution >= 0.6 is 15.9 Å². The van der Waals surface area contributed by atoms with Crippen LogP contribution in [0.1, 0.15) is 31.0 Å². The van der Waals surface area contributed by atoms with Crippen LogP contribution in [-0.4, -0.2) is 22.5 Å². The second-order valence-electron chi connectivity index (χ2n) is 4.61. The van der Waals surface area contributed by atoms with Crippen LogP contribution in [0.25, 0.3) is 5.52 Å². The molecule has 0 radical (unpaired) electrons. The van der Waals surface area contributed by atoms with E-state index >= 15 is 0 Å². The molecule has 2 aromatic heterocycles. The summed E-state index contributed by atoms with van der Waals surface area (Å²) in [5, 5.41) is 3.50. The number of halogens is 1. The Bertz CT molecular complexity index is 512. The third-order valence-electron chi connectivity index (χ3n) is 3.44. The fourth-order valence-corrected chi connectivity index (χ4v) is 3.06. The lowest BCUT2D eigenvalue weighted by atomic mass is 10.0. The second kappa shape index (κ2) is 4.78. The summed E-state index contributed by atoms with van der Waals surface area (Å²) in [6.07, 6.45) is 5.90. The van der Waals surface area contributed by atoms with Crippen molar-refractivity contribution in [1.29, 1.82) is 0 Å². The zero-order valence-electron chi connectivity index (χ0n) is 9.69. The predicted octanol–water partition coefficient (Wildman–Crippen LogP) is 2.95. The highest BCUT2D eigenvalue weighted by Gasteiger charge is 2.20. The van der Waals surface area contributed by atoms with Crippen LogP contribution in [0.15, 0.2) is 29.0 Å². The van der Waals surface area contributed by atoms with Gasteiger partial charge < -0.3 is 9.72 Å². The largest absolute Gasteiger partial charge is 0.316 e. The summed E-state index contributed by atoms with van der Waals surface area (Å²) in [5.41, 5.74) is 1.16. The number of hydrogen-bond donors (Lipinski definition) is 1. The maximum Gasteiger partial charge on any atom is 0.132 e. The van der Waals surface area contributed by atoms with E-state index in [1.54, 1.807) is 0 Å². The van der Waals surface area contributed by atoms with Crippen LogP contribution in [0.5, 0.6) is 0 Å². The van der Waals surface area contributed by atoms with Gasteiger partial charge >= 0.3 is 0 Å². The normalized spacial score (nSPS) is 21.6. The van der Waals surface area contributed by atoms with E-state index in [2.05, 4.69) is 50.0 Å². The van der Waals surface area contributed by atoms with E-state index in [1.165, 1.54) is 25.1 Å². The molecule has 3 rings (SSSR count). The number of aromatic nitrogens is 2. The summed E-state index contributed by atoms with van der Waals surface area (Å²) in [6, 6.07) is 6.22. The molecule has 1 N–H and O–H groups in total. The first-order valence-electron chi connectivity index (χ1n) is 6.19. The van der Waals surface area contributed by atoms with Crippen molar-refractivity contribution in [3.63, 3.8) is 0 Å². The number of rotatable bonds is 1. The highest BCUT2D eigenvalue weighted by atomic mass is 79.9. The van der Waals surface area contributed by atoms with Crippen LogP contribution in [0, 0.1) is 0 Å². The Morgan fingerprint density at radius 2 is 2.29 bits per heavy atom. The minimum Gasteiger partial charge on any atom is -0.316 e. The Morgan fingerprint density at radius 1 is 1.35 bits per heavy atom. The molecule has 0 bridgehead atoms. The molecule has 0 spiro atoms. The molecule has 1 aliphatic rings. The molecule has 1 fully saturated rings. The van der Waals surface area contributed by atoms with Crippen molar-refractivity contribution in [1.82, 2.24) is 14.7 Å². The molecular weight excluding hydrogens is 278 g/mol. The van der Waals surface area contributed by atoms with Crippen molar-refractivity contribution in [2.75, 3.05) is 13.1 Å². The van der Waals surface area contributed by atoms with Gasteiger partial charge in [0.05, 0.1) is 5.52 Å². The third-order valence-corrected chi connectivity index (χ3v) is 4.03. The zero-order valence-corrected chi connectivity index (χ0v) is 11.3. The van der Waals surface area contributed by atoms with Gasteiger partial charge in [0.25, 0.3) is 0 Å². The lowest BCUT2D eigenvalue weighted by molar-refractivity contribution is 0.575. The van der Waals surface area contributed by atoms with Gasteiger partial charge in [-0.2, -0.15) is 0 Å². The molecule has 1 aliphatic heterocycles. The molecule has 0 saturated carbocycles. The molecule has 17 heavy (non-hydrogen) atoms. The van der Waals surface area contributed by atoms with Gasteiger partial charge in [-0.1, -0.05) is 12.5 Å². The smallest absolute Gasteiger partial charge is 0.132 e. The summed E-state index contributed by atoms with van der Waals surface area (Å²) in [7, 11) is 0. The topological polar surface area (TPSA) is 29.3 Å². The van der Waals surface area contributed by atoms with Crippen molar-refractivity contribution >= 4 is 21.4 Å². The number of nitrogens with one attached hydrogen (secondary N) is 1. The zero-order chi connectivity index (χ0) is 11.7. The Hall–Kier alpha value is -0.870. The van der Waals surface area contributed by atoms with Crippen molar-refractivity contribution in [2.45, 2.75) is 25.2 Å². The van der Waals surface area contributed by atoms with Gasteiger partial charge in [-0.3, -0.25) is 0 Å². The fourth-order valence-electron chi connectivity index (χ4n) is 2.55. The summed E-state index contributed by atoms with van der Waals surface area (Å²) >= 11 is 3.55. The highest BCUT2D eigenvalue weighted by Crippen LogP contribution is 2.27. The van der Waals surface area contributed by atoms with Crippen LogP contribution in [0.4, 0.5) is 0 Å². The number of imidazole rings is 1. The average Bonchev–Trinajstić information content (AvgIpc) is 2.57. The van der Waals surface area contributed by atoms with Crippen LogP contribution in [-0.2, 0) is 0 Å². The van der Waals surface area contributed by atoms with Gasteiger partial charge in [0, 0.05) is 18.7 Å². The SMILES string of the molecule is Brc1nc(C2CCCCNC2)n2ccccc12. The summed E-state index contributed by atoms with van der Waals surface area (Å²) in [6.45, 7) is 2.18. The molecule has 1 saturated heterocycles. The summed E-state index contributed by atoms with van der Waals surface area (Å²) in [4.78, 5) is 4.69. The van der Waals surface area contributed by atoms with E-state index in [9.17, 15) is 0 Å². The molecule has 1 atom stereocenters. The Kier molecular flexibility index (Phi) is 3.16. The highest BCUT2D eigenvalue weighted by molar-refractivity contribution is 9.10. The van der Waals surface area contributed by atoms with Gasteiger partial charge in [-0.15, -0.1) is 0 Å². The van der Waals surface area contributed by atoms with Crippen LogP contribution < -0.4 is 5.32 Å². The van der Waals surface area contributed by atoms with Crippen LogP contribution in [0.3, 0.4) is 0 Å².